The summed E-state index contributed by atoms with van der Waals surface area (Å²) < 4.78 is 27.7. The van der Waals surface area contributed by atoms with Crippen LogP contribution >= 0.6 is 0 Å². The summed E-state index contributed by atoms with van der Waals surface area (Å²) in [6.07, 6.45) is 0. The van der Waals surface area contributed by atoms with Crippen LogP contribution in [0.2, 0.25) is 0 Å². The highest BCUT2D eigenvalue weighted by atomic mass is 32.2. The molecule has 0 radical (unpaired) electrons. The SMILES string of the molecule is CC(=O)Nc1ccc(S(=O)(=O)Nc2cccc(C#Cc3ccccc3)c2)cc1. The van der Waals surface area contributed by atoms with Crippen molar-refractivity contribution in [1.82, 2.24) is 0 Å². The average molecular weight is 390 g/mol. The Balaban J connectivity index is 1.77. The predicted molar refractivity (Wildman–Crippen MR) is 110 cm³/mol. The van der Waals surface area contributed by atoms with Gasteiger partial charge in [-0.2, -0.15) is 0 Å². The molecule has 3 aromatic carbocycles. The van der Waals surface area contributed by atoms with E-state index in [2.05, 4.69) is 21.9 Å². The first-order chi connectivity index (χ1) is 13.4. The molecule has 0 atom stereocenters. The van der Waals surface area contributed by atoms with E-state index in [1.165, 1.54) is 31.2 Å². The summed E-state index contributed by atoms with van der Waals surface area (Å²) in [5.74, 6) is 5.85. The summed E-state index contributed by atoms with van der Waals surface area (Å²) in [5, 5.41) is 2.60. The lowest BCUT2D eigenvalue weighted by molar-refractivity contribution is -0.114. The molecule has 0 aliphatic heterocycles. The Hall–Kier alpha value is -3.56. The molecule has 1 amide bonds. The third-order valence-electron chi connectivity index (χ3n) is 3.72. The summed E-state index contributed by atoms with van der Waals surface area (Å²) in [7, 11) is -3.75. The Bertz CT molecular complexity index is 1140. The number of hydrogen-bond acceptors (Lipinski definition) is 3. The van der Waals surface area contributed by atoms with Crippen molar-refractivity contribution in [3.8, 4) is 11.8 Å². The molecule has 5 nitrogen and oxygen atoms in total. The van der Waals surface area contributed by atoms with Gasteiger partial charge in [-0.1, -0.05) is 36.1 Å². The maximum Gasteiger partial charge on any atom is 0.261 e. The highest BCUT2D eigenvalue weighted by Crippen LogP contribution is 2.19. The minimum Gasteiger partial charge on any atom is -0.326 e. The number of nitrogens with one attached hydrogen (secondary N) is 2. The van der Waals surface area contributed by atoms with Gasteiger partial charge in [0.2, 0.25) is 5.91 Å². The number of carbonyl (C=O) groups is 1. The smallest absolute Gasteiger partial charge is 0.261 e. The van der Waals surface area contributed by atoms with E-state index < -0.39 is 10.0 Å². The van der Waals surface area contributed by atoms with Gasteiger partial charge in [-0.3, -0.25) is 9.52 Å². The number of hydrogen-bond donors (Lipinski definition) is 2. The summed E-state index contributed by atoms with van der Waals surface area (Å²) in [6, 6.07) is 22.4. The average Bonchev–Trinajstić information content (AvgIpc) is 2.67. The zero-order valence-electron chi connectivity index (χ0n) is 15.1. The minimum absolute atomic E-state index is 0.0994. The molecule has 0 spiro atoms. The van der Waals surface area contributed by atoms with Crippen LogP contribution in [0.5, 0.6) is 0 Å². The van der Waals surface area contributed by atoms with Gasteiger partial charge in [0, 0.05) is 23.7 Å². The fourth-order valence-corrected chi connectivity index (χ4v) is 3.51. The van der Waals surface area contributed by atoms with Gasteiger partial charge in [0.15, 0.2) is 0 Å². The zero-order valence-corrected chi connectivity index (χ0v) is 16.0. The van der Waals surface area contributed by atoms with Crippen LogP contribution in [0.15, 0.2) is 83.8 Å². The maximum atomic E-state index is 12.6. The van der Waals surface area contributed by atoms with Crippen LogP contribution in [0.25, 0.3) is 0 Å². The third-order valence-corrected chi connectivity index (χ3v) is 5.12. The van der Waals surface area contributed by atoms with Crippen molar-refractivity contribution in [1.29, 1.82) is 0 Å². The molecule has 0 fully saturated rings. The van der Waals surface area contributed by atoms with E-state index in [1.807, 2.05) is 36.4 Å². The van der Waals surface area contributed by atoms with E-state index >= 15 is 0 Å². The van der Waals surface area contributed by atoms with Crippen LogP contribution in [0.4, 0.5) is 11.4 Å². The molecular formula is C22H18N2O3S. The molecule has 0 aromatic heterocycles. The van der Waals surface area contributed by atoms with E-state index in [0.29, 0.717) is 16.9 Å². The fraction of sp³-hybridized carbons (Fsp3) is 0.0455. The van der Waals surface area contributed by atoms with Gasteiger partial charge in [0.05, 0.1) is 10.6 Å². The van der Waals surface area contributed by atoms with Crippen LogP contribution in [0, 0.1) is 11.8 Å². The third kappa shape index (κ3) is 5.22. The molecule has 3 rings (SSSR count). The number of benzene rings is 3. The van der Waals surface area contributed by atoms with Crippen LogP contribution in [0.3, 0.4) is 0 Å². The lowest BCUT2D eigenvalue weighted by atomic mass is 10.2. The second-order valence-electron chi connectivity index (χ2n) is 6.01. The van der Waals surface area contributed by atoms with Gasteiger partial charge in [0.25, 0.3) is 10.0 Å². The lowest BCUT2D eigenvalue weighted by Gasteiger charge is -2.09. The molecule has 0 aliphatic rings. The summed E-state index contributed by atoms with van der Waals surface area (Å²) >= 11 is 0. The van der Waals surface area contributed by atoms with Crippen molar-refractivity contribution in [2.24, 2.45) is 0 Å². The van der Waals surface area contributed by atoms with Crippen molar-refractivity contribution in [3.63, 3.8) is 0 Å². The second kappa shape index (κ2) is 8.42. The quantitative estimate of drug-likeness (QED) is 0.665. The summed E-state index contributed by atoms with van der Waals surface area (Å²) in [4.78, 5) is 11.2. The highest BCUT2D eigenvalue weighted by molar-refractivity contribution is 7.92. The second-order valence-corrected chi connectivity index (χ2v) is 7.69. The largest absolute Gasteiger partial charge is 0.326 e. The molecule has 0 bridgehead atoms. The van der Waals surface area contributed by atoms with Gasteiger partial charge in [-0.15, -0.1) is 0 Å². The van der Waals surface area contributed by atoms with E-state index in [1.54, 1.807) is 18.2 Å². The normalized spacial score (nSPS) is 10.5. The summed E-state index contributed by atoms with van der Waals surface area (Å²) in [6.45, 7) is 1.39. The molecule has 2 N–H and O–H groups in total. The van der Waals surface area contributed by atoms with Crippen molar-refractivity contribution >= 4 is 27.3 Å². The van der Waals surface area contributed by atoms with Gasteiger partial charge in [-0.05, 0) is 54.6 Å². The van der Waals surface area contributed by atoms with Crippen molar-refractivity contribution in [2.45, 2.75) is 11.8 Å². The number of anilines is 2. The molecule has 0 heterocycles. The predicted octanol–water partition coefficient (Wildman–Crippen LogP) is 3.85. The minimum atomic E-state index is -3.75. The van der Waals surface area contributed by atoms with Crippen LogP contribution in [-0.2, 0) is 14.8 Å². The lowest BCUT2D eigenvalue weighted by Crippen LogP contribution is -2.13. The molecule has 0 unspecified atom stereocenters. The molecule has 28 heavy (non-hydrogen) atoms. The van der Waals surface area contributed by atoms with E-state index in [0.717, 1.165) is 5.56 Å². The van der Waals surface area contributed by atoms with Gasteiger partial charge in [0.1, 0.15) is 0 Å². The highest BCUT2D eigenvalue weighted by Gasteiger charge is 2.14. The number of amides is 1. The van der Waals surface area contributed by atoms with E-state index in [9.17, 15) is 13.2 Å². The first-order valence-electron chi connectivity index (χ1n) is 8.50. The van der Waals surface area contributed by atoms with Crippen molar-refractivity contribution in [2.75, 3.05) is 10.0 Å². The summed E-state index contributed by atoms with van der Waals surface area (Å²) in [5.41, 5.74) is 2.54. The molecule has 0 saturated heterocycles. The molecule has 0 aliphatic carbocycles. The van der Waals surface area contributed by atoms with Crippen LogP contribution in [-0.4, -0.2) is 14.3 Å². The fourth-order valence-electron chi connectivity index (χ4n) is 2.46. The van der Waals surface area contributed by atoms with Gasteiger partial charge >= 0.3 is 0 Å². The number of rotatable bonds is 4. The molecule has 0 saturated carbocycles. The zero-order chi connectivity index (χ0) is 20.0. The Morgan fingerprint density at radius 3 is 2.11 bits per heavy atom. The number of carbonyl (C=O) groups excluding carboxylic acids is 1. The Morgan fingerprint density at radius 2 is 1.43 bits per heavy atom. The van der Waals surface area contributed by atoms with Crippen LogP contribution < -0.4 is 10.0 Å². The Morgan fingerprint density at radius 1 is 0.786 bits per heavy atom. The van der Waals surface area contributed by atoms with E-state index in [-0.39, 0.29) is 10.8 Å². The molecule has 3 aromatic rings. The van der Waals surface area contributed by atoms with Crippen molar-refractivity contribution < 1.29 is 13.2 Å². The first-order valence-corrected chi connectivity index (χ1v) is 9.98. The first kappa shape index (κ1) is 19.2. The Labute approximate surface area is 164 Å². The van der Waals surface area contributed by atoms with Crippen LogP contribution in [0.1, 0.15) is 18.1 Å². The molecule has 6 heteroatoms. The standard InChI is InChI=1S/C22H18N2O3S/c1-17(25)23-20-12-14-22(15-13-20)28(26,27)24-21-9-5-8-19(16-21)11-10-18-6-3-2-4-7-18/h2-9,12-16,24H,1H3,(H,23,25). The van der Waals surface area contributed by atoms with E-state index in [4.69, 9.17) is 0 Å². The molecule has 140 valence electrons. The maximum absolute atomic E-state index is 12.6. The van der Waals surface area contributed by atoms with Gasteiger partial charge < -0.3 is 5.32 Å². The molecular weight excluding hydrogens is 372 g/mol. The van der Waals surface area contributed by atoms with Crippen molar-refractivity contribution in [3.05, 3.63) is 90.0 Å². The number of sulfonamides is 1. The topological polar surface area (TPSA) is 75.3 Å². The van der Waals surface area contributed by atoms with Gasteiger partial charge in [-0.25, -0.2) is 8.42 Å². The monoisotopic (exact) mass is 390 g/mol. The Kier molecular flexibility index (Phi) is 5.78.